The van der Waals surface area contributed by atoms with Gasteiger partial charge in [-0.3, -0.25) is 4.79 Å². The second-order valence-electron chi connectivity index (χ2n) is 1.06. The van der Waals surface area contributed by atoms with Crippen LogP contribution in [0.2, 0.25) is 0 Å². The predicted octanol–water partition coefficient (Wildman–Crippen LogP) is 0.918. The molecule has 0 amide bonds. The summed E-state index contributed by atoms with van der Waals surface area (Å²) in [4.78, 5) is 10.2. The molecule has 1 saturated heterocycles. The number of hydrogen-bond acceptors (Lipinski definition) is 3. The van der Waals surface area contributed by atoms with Gasteiger partial charge in [0.05, 0.1) is 0 Å². The quantitative estimate of drug-likeness (QED) is 0.583. The van der Waals surface area contributed by atoms with Gasteiger partial charge in [0.1, 0.15) is 0 Å². The van der Waals surface area contributed by atoms with E-state index < -0.39 is 0 Å². The van der Waals surface area contributed by atoms with Crippen LogP contribution in [0.5, 0.6) is 0 Å². The molecule has 0 saturated carbocycles. The Hall–Kier alpha value is -1.09. The van der Waals surface area contributed by atoms with Gasteiger partial charge in [0.2, 0.25) is 0 Å². The van der Waals surface area contributed by atoms with Gasteiger partial charge in [-0.1, -0.05) is 30.5 Å². The van der Waals surface area contributed by atoms with Crippen LogP contribution in [0.1, 0.15) is 0 Å². The Bertz CT molecular complexity index is 112. The third-order valence-electron chi connectivity index (χ3n) is 0.538. The Balaban J connectivity index is 0.000000490. The zero-order valence-corrected chi connectivity index (χ0v) is 7.82. The Labute approximate surface area is 50.7 Å². The average Bonchev–Trinajstić information content (AvgIpc) is 1.87. The molecule has 0 spiro atoms. The number of carbonyl (C=O) groups is 1. The summed E-state index contributed by atoms with van der Waals surface area (Å²) in [5.41, 5.74) is 0. The summed E-state index contributed by atoms with van der Waals surface area (Å²) in [5.74, 6) is 0. The summed E-state index contributed by atoms with van der Waals surface area (Å²) in [6.45, 7) is 0.281. The number of thiocarbonyl (C=S) groups is 1. The first kappa shape index (κ1) is 6.91. The molecule has 49 valence electrons. The molecule has 8 heavy (non-hydrogen) atoms. The first-order valence-corrected chi connectivity index (χ1v) is 2.93. The number of hydrogen-bond donors (Lipinski definition) is 0. The molecule has 1 aliphatic heterocycles. The summed E-state index contributed by atoms with van der Waals surface area (Å²) < 4.78 is 0.477. The molecule has 1 rings (SSSR count). The molecule has 1 fully saturated rings. The van der Waals surface area contributed by atoms with Crippen molar-refractivity contribution in [1.29, 1.82) is 0 Å². The molecule has 0 aromatic rings. The third-order valence-corrected chi connectivity index (χ3v) is 1.58. The van der Waals surface area contributed by atoms with Gasteiger partial charge < -0.3 is 5.32 Å². The van der Waals surface area contributed by atoms with Gasteiger partial charge in [-0.15, -0.1) is 0 Å². The van der Waals surface area contributed by atoms with Gasteiger partial charge in [-0.05, 0) is 4.32 Å². The van der Waals surface area contributed by atoms with E-state index in [2.05, 4.69) is 17.5 Å². The Morgan fingerprint density at radius 2 is 2.38 bits per heavy atom. The monoisotopic (exact) mass is 384 g/mol. The first-order valence-electron chi connectivity index (χ1n) is 1.71. The minimum Gasteiger partial charge on any atom is -0.662 e. The Morgan fingerprint density at radius 1 is 1.75 bits per heavy atom. The molecule has 1 radical (unpaired) electrons. The number of rotatable bonds is 0. The van der Waals surface area contributed by atoms with Crippen LogP contribution in [-0.2, 0) is 4.79 Å². The van der Waals surface area contributed by atoms with Crippen molar-refractivity contribution in [2.75, 3.05) is 6.54 Å². The van der Waals surface area contributed by atoms with Crippen molar-refractivity contribution in [3.05, 3.63) is 5.32 Å². The molecule has 0 unspecified atom stereocenters. The topological polar surface area (TPSA) is 31.2 Å². The van der Waals surface area contributed by atoms with Crippen LogP contribution >= 0.6 is 24.0 Å². The summed E-state index contributed by atoms with van der Waals surface area (Å²) >= 11 is 5.62. The van der Waals surface area contributed by atoms with E-state index >= 15 is 0 Å². The van der Waals surface area contributed by atoms with Crippen LogP contribution in [0, 0.1) is 0 Å². The number of carbonyl (C=O) groups excluding carboxylic acids is 1. The van der Waals surface area contributed by atoms with Crippen LogP contribution < -0.4 is 0 Å². The molecule has 1 aliphatic rings. The Kier molecular flexibility index (Phi) is 1.97. The van der Waals surface area contributed by atoms with E-state index in [9.17, 15) is 4.79 Å². The standard InChI is InChI=1S/C3H3NOS2.Es/c5-2-1-4-3(6)7-2;/h1H2,(H,4,6);/p-1. The molecule has 0 aromatic carbocycles. The molecule has 0 aromatic heterocycles. The van der Waals surface area contributed by atoms with Crippen molar-refractivity contribution in [3.63, 3.8) is 0 Å². The largest absolute Gasteiger partial charge is 0.662 e. The van der Waals surface area contributed by atoms with Crippen LogP contribution in [0.15, 0.2) is 0 Å². The number of thioether (sulfide) groups is 1. The van der Waals surface area contributed by atoms with Crippen molar-refractivity contribution >= 4 is 33.4 Å². The first-order chi connectivity index (χ1) is 3.29. The summed E-state index contributed by atoms with van der Waals surface area (Å²) in [5, 5.41) is 3.72. The zero-order valence-electron chi connectivity index (χ0n) is 3.68. The fourth-order valence-corrected chi connectivity index (χ4v) is 1.09. The van der Waals surface area contributed by atoms with Gasteiger partial charge in [-0.25, -0.2) is 0 Å². The molecular weight excluding hydrogens is 382 g/mol. The zero-order chi connectivity index (χ0) is 5.28. The van der Waals surface area contributed by atoms with Crippen molar-refractivity contribution in [3.8, 4) is 0 Å². The normalized spacial score (nSPS) is 17.5. The molecule has 0 aliphatic carbocycles. The Morgan fingerprint density at radius 3 is 2.50 bits per heavy atom. The summed E-state index contributed by atoms with van der Waals surface area (Å²) in [6.07, 6.45) is 0. The van der Waals surface area contributed by atoms with Gasteiger partial charge in [0.15, 0.2) is 5.12 Å². The summed E-state index contributed by atoms with van der Waals surface area (Å²) in [6, 6.07) is 0. The maximum Gasteiger partial charge on any atom is 0.175 e. The molecular formula is C3H2EsNOS2-. The number of nitrogens with zero attached hydrogens (tertiary/aromatic N) is 1. The van der Waals surface area contributed by atoms with Crippen molar-refractivity contribution in [1.82, 2.24) is 0 Å². The van der Waals surface area contributed by atoms with Gasteiger partial charge >= 0.3 is 0 Å². The smallest absolute Gasteiger partial charge is 0.175 e. The average molecular weight is 384 g/mol. The van der Waals surface area contributed by atoms with E-state index in [0.717, 1.165) is 11.8 Å². The maximum atomic E-state index is 10.2. The molecule has 5 heteroatoms. The van der Waals surface area contributed by atoms with E-state index in [1.54, 1.807) is 0 Å². The van der Waals surface area contributed by atoms with Crippen LogP contribution in [0.25, 0.3) is 5.32 Å². The van der Waals surface area contributed by atoms with Crippen molar-refractivity contribution in [2.45, 2.75) is 0 Å². The fraction of sp³-hybridized carbons (Fsp3) is 0.333. The van der Waals surface area contributed by atoms with Crippen LogP contribution in [0.3, 0.4) is 0 Å². The maximum absolute atomic E-state index is 10.2. The minimum absolute atomic E-state index is 0. The molecule has 1 heterocycles. The van der Waals surface area contributed by atoms with E-state index in [1.165, 1.54) is 0 Å². The van der Waals surface area contributed by atoms with Crippen molar-refractivity contribution < 1.29 is 4.79 Å². The second kappa shape index (κ2) is 2.28. The second-order valence-corrected chi connectivity index (χ2v) is 2.75. The summed E-state index contributed by atoms with van der Waals surface area (Å²) in [7, 11) is 0. The van der Waals surface area contributed by atoms with Crippen molar-refractivity contribution in [2.24, 2.45) is 0 Å². The van der Waals surface area contributed by atoms with Gasteiger partial charge in [-0.2, -0.15) is 0 Å². The predicted molar refractivity (Wildman–Crippen MR) is 33.4 cm³/mol. The van der Waals surface area contributed by atoms with E-state index in [4.69, 9.17) is 0 Å². The van der Waals surface area contributed by atoms with Crippen LogP contribution in [0.4, 0.5) is 0 Å². The van der Waals surface area contributed by atoms with E-state index in [0.29, 0.717) is 4.32 Å². The van der Waals surface area contributed by atoms with Crippen LogP contribution in [-0.4, -0.2) is 16.0 Å². The van der Waals surface area contributed by atoms with Gasteiger partial charge in [0.25, 0.3) is 0 Å². The van der Waals surface area contributed by atoms with Gasteiger partial charge in [0, 0.05) is 0 Å². The SMILES string of the molecule is O=C1C[N-]C(=S)S1.[Es]. The third kappa shape index (κ3) is 1.20. The fourth-order valence-electron chi connectivity index (χ4n) is 0.291. The molecule has 0 bridgehead atoms. The molecule has 0 atom stereocenters. The van der Waals surface area contributed by atoms with E-state index in [1.807, 2.05) is 0 Å². The van der Waals surface area contributed by atoms with E-state index in [-0.39, 0.29) is 11.7 Å². The minimum atomic E-state index is 0. The molecule has 0 N–H and O–H groups in total. The molecule has 2 nitrogen and oxygen atoms in total.